The number of rotatable bonds is 10. The molecule has 0 fully saturated rings. The van der Waals surface area contributed by atoms with Gasteiger partial charge in [0.2, 0.25) is 0 Å². The van der Waals surface area contributed by atoms with E-state index < -0.39 is 0 Å². The molecule has 2 heterocycles. The van der Waals surface area contributed by atoms with Crippen LogP contribution in [0.4, 0.5) is 0 Å². The van der Waals surface area contributed by atoms with Gasteiger partial charge in [-0.1, -0.05) is 36.4 Å². The van der Waals surface area contributed by atoms with Crippen LogP contribution in [0, 0.1) is 13.8 Å². The van der Waals surface area contributed by atoms with Crippen LogP contribution in [0.3, 0.4) is 0 Å². The molecule has 1 N–H and O–H groups in total. The summed E-state index contributed by atoms with van der Waals surface area (Å²) in [7, 11) is 3.31. The molecule has 0 saturated heterocycles. The minimum Gasteiger partial charge on any atom is -0.497 e. The summed E-state index contributed by atoms with van der Waals surface area (Å²) in [4.78, 5) is 18.4. The minimum absolute atomic E-state index is 0.102. The molecule has 9 nitrogen and oxygen atoms in total. The van der Waals surface area contributed by atoms with Crippen molar-refractivity contribution < 1.29 is 9.47 Å². The zero-order valence-corrected chi connectivity index (χ0v) is 22.6. The fourth-order valence-corrected chi connectivity index (χ4v) is 4.88. The maximum Gasteiger partial charge on any atom is 0.252 e. The van der Waals surface area contributed by atoms with E-state index in [9.17, 15) is 4.79 Å². The van der Waals surface area contributed by atoms with Crippen LogP contribution < -0.4 is 15.0 Å². The number of methoxy groups -OCH3 is 2. The Morgan fingerprint density at radius 1 is 0.897 bits per heavy atom. The fraction of sp³-hybridized carbons (Fsp3) is 0.267. The first-order valence-corrected chi connectivity index (χ1v) is 12.8. The summed E-state index contributed by atoms with van der Waals surface area (Å²) in [6.45, 7) is 6.01. The average molecular weight is 525 g/mol. The first-order chi connectivity index (χ1) is 18.9. The number of hydrogen-bond donors (Lipinski definition) is 1. The van der Waals surface area contributed by atoms with E-state index in [1.54, 1.807) is 18.9 Å². The zero-order valence-electron chi connectivity index (χ0n) is 22.6. The van der Waals surface area contributed by atoms with Crippen molar-refractivity contribution in [3.05, 3.63) is 111 Å². The lowest BCUT2D eigenvalue weighted by Gasteiger charge is -2.23. The molecule has 5 aromatic rings. The first-order valence-electron chi connectivity index (χ1n) is 12.8. The number of benzene rings is 3. The largest absolute Gasteiger partial charge is 0.497 e. The Labute approximate surface area is 227 Å². The highest BCUT2D eigenvalue weighted by Gasteiger charge is 2.18. The van der Waals surface area contributed by atoms with E-state index in [1.807, 2.05) is 67.6 Å². The molecule has 0 aliphatic rings. The Morgan fingerprint density at radius 3 is 2.44 bits per heavy atom. The fourth-order valence-electron chi connectivity index (χ4n) is 4.88. The molecule has 39 heavy (non-hydrogen) atoms. The lowest BCUT2D eigenvalue weighted by atomic mass is 10.0. The van der Waals surface area contributed by atoms with E-state index in [-0.39, 0.29) is 5.56 Å². The summed E-state index contributed by atoms with van der Waals surface area (Å²) >= 11 is 0. The van der Waals surface area contributed by atoms with Crippen molar-refractivity contribution in [2.24, 2.45) is 0 Å². The second-order valence-electron chi connectivity index (χ2n) is 9.72. The van der Waals surface area contributed by atoms with Gasteiger partial charge < -0.3 is 14.5 Å². The summed E-state index contributed by atoms with van der Waals surface area (Å²) in [5, 5.41) is 13.6. The monoisotopic (exact) mass is 524 g/mol. The number of nitrogens with one attached hydrogen (secondary N) is 1. The molecule has 0 spiro atoms. The number of hydrogen-bond acceptors (Lipinski definition) is 7. The number of fused-ring (bicyclic) bond motifs is 1. The van der Waals surface area contributed by atoms with Gasteiger partial charge in [-0.25, -0.2) is 4.68 Å². The summed E-state index contributed by atoms with van der Waals surface area (Å²) in [5.41, 5.74) is 5.73. The van der Waals surface area contributed by atoms with Gasteiger partial charge in [0.1, 0.15) is 11.5 Å². The number of aromatic nitrogens is 5. The van der Waals surface area contributed by atoms with Gasteiger partial charge in [0, 0.05) is 35.1 Å². The predicted molar refractivity (Wildman–Crippen MR) is 150 cm³/mol. The molecular weight excluding hydrogens is 492 g/mol. The van der Waals surface area contributed by atoms with E-state index in [2.05, 4.69) is 38.4 Å². The van der Waals surface area contributed by atoms with Gasteiger partial charge >= 0.3 is 0 Å². The molecular formula is C30H32N6O3. The first kappa shape index (κ1) is 26.1. The SMILES string of the molecule is COc1ccc(Cn2nnnc2CN(Cc2ccccc2OC)Cc2cc3c(C)cc(C)cc3[nH]c2=O)cc1. The normalized spacial score (nSPS) is 11.3. The van der Waals surface area contributed by atoms with Gasteiger partial charge in [-0.15, -0.1) is 5.10 Å². The summed E-state index contributed by atoms with van der Waals surface area (Å²) in [5.74, 6) is 2.29. The molecule has 0 bridgehead atoms. The molecule has 200 valence electrons. The molecule has 2 aromatic heterocycles. The average Bonchev–Trinajstić information content (AvgIpc) is 3.36. The van der Waals surface area contributed by atoms with E-state index >= 15 is 0 Å². The number of para-hydroxylation sites is 1. The third-order valence-electron chi connectivity index (χ3n) is 6.83. The molecule has 0 radical (unpaired) electrons. The summed E-state index contributed by atoms with van der Waals surface area (Å²) < 4.78 is 12.7. The van der Waals surface area contributed by atoms with Crippen LogP contribution in [-0.2, 0) is 26.2 Å². The predicted octanol–water partition coefficient (Wildman–Crippen LogP) is 4.40. The summed E-state index contributed by atoms with van der Waals surface area (Å²) in [6.07, 6.45) is 0. The highest BCUT2D eigenvalue weighted by Crippen LogP contribution is 2.23. The smallest absolute Gasteiger partial charge is 0.252 e. The molecule has 5 rings (SSSR count). The van der Waals surface area contributed by atoms with Gasteiger partial charge in [-0.2, -0.15) is 0 Å². The number of aryl methyl sites for hydroxylation is 2. The number of aromatic amines is 1. The van der Waals surface area contributed by atoms with Crippen molar-refractivity contribution in [3.8, 4) is 11.5 Å². The highest BCUT2D eigenvalue weighted by molar-refractivity contribution is 5.83. The Morgan fingerprint density at radius 2 is 1.67 bits per heavy atom. The van der Waals surface area contributed by atoms with E-state index in [0.717, 1.165) is 44.7 Å². The van der Waals surface area contributed by atoms with Gasteiger partial charge in [-0.05, 0) is 71.3 Å². The second kappa shape index (κ2) is 11.5. The minimum atomic E-state index is -0.102. The quantitative estimate of drug-likeness (QED) is 0.289. The number of pyridine rings is 1. The molecule has 0 unspecified atom stereocenters. The summed E-state index contributed by atoms with van der Waals surface area (Å²) in [6, 6.07) is 21.9. The van der Waals surface area contributed by atoms with Crippen molar-refractivity contribution in [2.75, 3.05) is 14.2 Å². The van der Waals surface area contributed by atoms with Crippen molar-refractivity contribution in [1.82, 2.24) is 30.1 Å². The van der Waals surface area contributed by atoms with Crippen LogP contribution in [0.5, 0.6) is 11.5 Å². The number of H-pyrrole nitrogens is 1. The molecule has 9 heteroatoms. The molecule has 3 aromatic carbocycles. The van der Waals surface area contributed by atoms with Crippen molar-refractivity contribution in [1.29, 1.82) is 0 Å². The van der Waals surface area contributed by atoms with Crippen LogP contribution in [-0.4, -0.2) is 44.3 Å². The Bertz CT molecular complexity index is 1640. The van der Waals surface area contributed by atoms with Gasteiger partial charge in [0.15, 0.2) is 5.82 Å². The van der Waals surface area contributed by atoms with Crippen LogP contribution in [0.1, 0.15) is 33.6 Å². The van der Waals surface area contributed by atoms with Crippen LogP contribution in [0.15, 0.2) is 71.5 Å². The third-order valence-corrected chi connectivity index (χ3v) is 6.83. The van der Waals surface area contributed by atoms with Crippen LogP contribution >= 0.6 is 0 Å². The van der Waals surface area contributed by atoms with Gasteiger partial charge in [0.05, 0.1) is 27.3 Å². The zero-order chi connectivity index (χ0) is 27.4. The Hall–Kier alpha value is -4.50. The van der Waals surface area contributed by atoms with Crippen molar-refractivity contribution in [3.63, 3.8) is 0 Å². The van der Waals surface area contributed by atoms with Crippen molar-refractivity contribution >= 4 is 10.9 Å². The number of nitrogens with zero attached hydrogens (tertiary/aromatic N) is 5. The Balaban J connectivity index is 1.46. The lowest BCUT2D eigenvalue weighted by molar-refractivity contribution is 0.232. The molecule has 0 aliphatic heterocycles. The van der Waals surface area contributed by atoms with Crippen LogP contribution in [0.2, 0.25) is 0 Å². The van der Waals surface area contributed by atoms with E-state index in [1.165, 1.54) is 0 Å². The third kappa shape index (κ3) is 5.99. The molecule has 0 saturated carbocycles. The highest BCUT2D eigenvalue weighted by atomic mass is 16.5. The van der Waals surface area contributed by atoms with E-state index in [4.69, 9.17) is 9.47 Å². The van der Waals surface area contributed by atoms with E-state index in [0.29, 0.717) is 37.6 Å². The van der Waals surface area contributed by atoms with Gasteiger partial charge in [0.25, 0.3) is 5.56 Å². The van der Waals surface area contributed by atoms with Crippen LogP contribution in [0.25, 0.3) is 10.9 Å². The number of ether oxygens (including phenoxy) is 2. The van der Waals surface area contributed by atoms with Crippen molar-refractivity contribution in [2.45, 2.75) is 40.0 Å². The standard InChI is InChI=1S/C30H32N6O3/c1-20-13-21(2)26-15-24(30(37)31-27(26)14-20)18-35(17-23-7-5-6-8-28(23)39-4)19-29-32-33-34-36(29)16-22-9-11-25(38-3)12-10-22/h5-15H,16-19H2,1-4H3,(H,31,37). The number of tetrazole rings is 1. The molecule has 0 atom stereocenters. The van der Waals surface area contributed by atoms with Gasteiger partial charge in [-0.3, -0.25) is 9.69 Å². The Kier molecular flexibility index (Phi) is 7.69. The molecule has 0 amide bonds. The lowest BCUT2D eigenvalue weighted by Crippen LogP contribution is -2.28. The molecule has 0 aliphatic carbocycles. The second-order valence-corrected chi connectivity index (χ2v) is 9.72. The topological polar surface area (TPSA) is 98.2 Å². The maximum atomic E-state index is 13.2. The maximum absolute atomic E-state index is 13.2.